The van der Waals surface area contributed by atoms with Gasteiger partial charge in [0, 0.05) is 25.6 Å². The van der Waals surface area contributed by atoms with Crippen molar-refractivity contribution in [3.8, 4) is 5.75 Å². The van der Waals surface area contributed by atoms with Crippen molar-refractivity contribution < 1.29 is 14.3 Å². The van der Waals surface area contributed by atoms with Crippen molar-refractivity contribution in [1.82, 2.24) is 9.80 Å². The molecular weight excluding hydrogens is 355 g/mol. The van der Waals surface area contributed by atoms with Crippen molar-refractivity contribution in [2.45, 2.75) is 44.4 Å². The lowest BCUT2D eigenvalue weighted by Gasteiger charge is -2.37. The quantitative estimate of drug-likeness (QED) is 0.878. The van der Waals surface area contributed by atoms with Crippen LogP contribution in [0.5, 0.6) is 5.75 Å². The molecule has 1 amide bonds. The number of phenols is 1. The van der Waals surface area contributed by atoms with Gasteiger partial charge in [-0.25, -0.2) is 4.39 Å². The highest BCUT2D eigenvalue weighted by molar-refractivity contribution is 5.84. The van der Waals surface area contributed by atoms with Gasteiger partial charge in [-0.2, -0.15) is 0 Å². The third-order valence-corrected chi connectivity index (χ3v) is 6.10. The summed E-state index contributed by atoms with van der Waals surface area (Å²) in [6.07, 6.45) is 0.451. The van der Waals surface area contributed by atoms with Crippen LogP contribution in [0.1, 0.15) is 35.4 Å². The highest BCUT2D eigenvalue weighted by Gasteiger charge is 2.40. The van der Waals surface area contributed by atoms with Crippen molar-refractivity contribution >= 4 is 5.91 Å². The van der Waals surface area contributed by atoms with Gasteiger partial charge in [0.05, 0.1) is 6.04 Å². The molecule has 4 rings (SSSR count). The van der Waals surface area contributed by atoms with Crippen LogP contribution in [-0.2, 0) is 11.3 Å². The van der Waals surface area contributed by atoms with Crippen molar-refractivity contribution in [1.29, 1.82) is 0 Å². The third-order valence-electron chi connectivity index (χ3n) is 6.10. The monoisotopic (exact) mass is 382 g/mol. The van der Waals surface area contributed by atoms with Gasteiger partial charge in [-0.05, 0) is 49.6 Å². The van der Waals surface area contributed by atoms with E-state index in [9.17, 15) is 14.3 Å². The fourth-order valence-corrected chi connectivity index (χ4v) is 4.44. The summed E-state index contributed by atoms with van der Waals surface area (Å²) in [6.45, 7) is 4.42. The van der Waals surface area contributed by atoms with Gasteiger partial charge in [-0.15, -0.1) is 0 Å². The maximum Gasteiger partial charge on any atom is 0.240 e. The Hall–Kier alpha value is -2.40. The number of alkyl halides is 1. The molecule has 2 saturated heterocycles. The Morgan fingerprint density at radius 2 is 1.75 bits per heavy atom. The number of likely N-dealkylation sites (tertiary alicyclic amines) is 2. The van der Waals surface area contributed by atoms with Crippen LogP contribution < -0.4 is 0 Å². The highest BCUT2D eigenvalue weighted by atomic mass is 19.1. The van der Waals surface area contributed by atoms with Crippen molar-refractivity contribution in [3.05, 3.63) is 65.2 Å². The van der Waals surface area contributed by atoms with E-state index in [1.165, 1.54) is 5.56 Å². The largest absolute Gasteiger partial charge is 0.508 e. The Morgan fingerprint density at radius 3 is 2.43 bits per heavy atom. The highest BCUT2D eigenvalue weighted by Crippen LogP contribution is 2.33. The van der Waals surface area contributed by atoms with Crippen LogP contribution in [0, 0.1) is 6.92 Å². The minimum atomic E-state index is -1.00. The molecule has 148 valence electrons. The van der Waals surface area contributed by atoms with Crippen LogP contribution in [0.3, 0.4) is 0 Å². The van der Waals surface area contributed by atoms with Crippen LogP contribution in [-0.4, -0.2) is 52.7 Å². The number of carbonyl (C=O) groups excluding carboxylic acids is 1. The van der Waals surface area contributed by atoms with Crippen molar-refractivity contribution in [3.63, 3.8) is 0 Å². The number of phenolic OH excluding ortho intramolecular Hbond substituents is 1. The number of halogens is 1. The predicted octanol–water partition coefficient (Wildman–Crippen LogP) is 3.63. The molecule has 0 bridgehead atoms. The molecule has 0 saturated carbocycles. The van der Waals surface area contributed by atoms with E-state index in [1.54, 1.807) is 24.3 Å². The fraction of sp³-hybridized carbons (Fsp3) is 0.435. The lowest BCUT2D eigenvalue weighted by Crippen LogP contribution is -2.49. The molecule has 4 nitrogen and oxygen atoms in total. The Balaban J connectivity index is 1.37. The number of hydrogen-bond donors (Lipinski definition) is 1. The Kier molecular flexibility index (Phi) is 5.36. The van der Waals surface area contributed by atoms with E-state index < -0.39 is 6.17 Å². The van der Waals surface area contributed by atoms with Gasteiger partial charge in [0.1, 0.15) is 11.9 Å². The van der Waals surface area contributed by atoms with Gasteiger partial charge in [0.25, 0.3) is 0 Å². The minimum absolute atomic E-state index is 0.121. The van der Waals surface area contributed by atoms with E-state index in [1.807, 2.05) is 9.80 Å². The molecule has 2 aliphatic heterocycles. The summed E-state index contributed by atoms with van der Waals surface area (Å²) in [5.41, 5.74) is 3.26. The molecule has 0 aliphatic carbocycles. The predicted molar refractivity (Wildman–Crippen MR) is 107 cm³/mol. The average molecular weight is 382 g/mol. The average Bonchev–Trinajstić information content (AvgIpc) is 3.05. The second-order valence-corrected chi connectivity index (χ2v) is 8.05. The molecule has 2 fully saturated rings. The van der Waals surface area contributed by atoms with E-state index in [-0.39, 0.29) is 23.6 Å². The first-order valence-electron chi connectivity index (χ1n) is 10.0. The maximum absolute atomic E-state index is 14.9. The van der Waals surface area contributed by atoms with Crippen LogP contribution in [0.4, 0.5) is 4.39 Å². The van der Waals surface area contributed by atoms with E-state index in [0.717, 1.165) is 30.6 Å². The molecule has 2 aromatic carbocycles. The van der Waals surface area contributed by atoms with Gasteiger partial charge in [-0.3, -0.25) is 9.69 Å². The molecule has 2 aliphatic rings. The second kappa shape index (κ2) is 7.92. The Bertz CT molecular complexity index is 822. The standard InChI is InChI=1S/C23H27FN2O2/c1-16-2-4-17(5-3-16)14-26-13-11-22(23(26)28)25-12-10-20(21(24)15-25)18-6-8-19(27)9-7-18/h2-9,20-22,27H,10-15H2,1H3/t20-,21+,22?/m0/s1. The third kappa shape index (κ3) is 3.90. The summed E-state index contributed by atoms with van der Waals surface area (Å²) in [6, 6.07) is 14.9. The zero-order valence-corrected chi connectivity index (χ0v) is 16.2. The molecule has 0 aromatic heterocycles. The lowest BCUT2D eigenvalue weighted by atomic mass is 9.87. The summed E-state index contributed by atoms with van der Waals surface area (Å²) in [5, 5.41) is 9.44. The molecule has 1 N–H and O–H groups in total. The molecule has 2 aromatic rings. The molecule has 1 unspecified atom stereocenters. The van der Waals surface area contributed by atoms with E-state index in [0.29, 0.717) is 19.5 Å². The summed E-state index contributed by atoms with van der Waals surface area (Å²) < 4.78 is 14.9. The number of aromatic hydroxyl groups is 1. The van der Waals surface area contributed by atoms with Crippen LogP contribution in [0.15, 0.2) is 48.5 Å². The number of hydrogen-bond acceptors (Lipinski definition) is 3. The van der Waals surface area contributed by atoms with Crippen molar-refractivity contribution in [2.24, 2.45) is 0 Å². The fourth-order valence-electron chi connectivity index (χ4n) is 4.44. The van der Waals surface area contributed by atoms with Gasteiger partial charge in [-0.1, -0.05) is 42.0 Å². The van der Waals surface area contributed by atoms with Gasteiger partial charge in [0.15, 0.2) is 0 Å². The zero-order valence-electron chi connectivity index (χ0n) is 16.2. The smallest absolute Gasteiger partial charge is 0.240 e. The van der Waals surface area contributed by atoms with Crippen LogP contribution in [0.25, 0.3) is 0 Å². The SMILES string of the molecule is Cc1ccc(CN2CCC(N3CC[C@@H](c4ccc(O)cc4)[C@H](F)C3)C2=O)cc1. The zero-order chi connectivity index (χ0) is 19.7. The molecular formula is C23H27FN2O2. The molecule has 0 radical (unpaired) electrons. The maximum atomic E-state index is 14.9. The molecule has 0 spiro atoms. The van der Waals surface area contributed by atoms with E-state index in [2.05, 4.69) is 31.2 Å². The topological polar surface area (TPSA) is 43.8 Å². The summed E-state index contributed by atoms with van der Waals surface area (Å²) in [5.74, 6) is 0.148. The first kappa shape index (κ1) is 18.9. The summed E-state index contributed by atoms with van der Waals surface area (Å²) >= 11 is 0. The summed E-state index contributed by atoms with van der Waals surface area (Å²) in [4.78, 5) is 16.8. The molecule has 3 atom stereocenters. The molecule has 5 heteroatoms. The summed E-state index contributed by atoms with van der Waals surface area (Å²) in [7, 11) is 0. The normalized spacial score (nSPS) is 26.0. The first-order chi connectivity index (χ1) is 13.5. The first-order valence-corrected chi connectivity index (χ1v) is 10.0. The number of aryl methyl sites for hydroxylation is 1. The van der Waals surface area contributed by atoms with Gasteiger partial charge >= 0.3 is 0 Å². The van der Waals surface area contributed by atoms with Gasteiger partial charge in [0.2, 0.25) is 5.91 Å². The van der Waals surface area contributed by atoms with Crippen LogP contribution >= 0.6 is 0 Å². The Labute approximate surface area is 165 Å². The van der Waals surface area contributed by atoms with Crippen LogP contribution in [0.2, 0.25) is 0 Å². The molecule has 28 heavy (non-hydrogen) atoms. The number of benzene rings is 2. The number of nitrogens with zero attached hydrogens (tertiary/aromatic N) is 2. The second-order valence-electron chi connectivity index (χ2n) is 8.05. The van der Waals surface area contributed by atoms with E-state index in [4.69, 9.17) is 0 Å². The Morgan fingerprint density at radius 1 is 1.04 bits per heavy atom. The number of rotatable bonds is 4. The molecule has 2 heterocycles. The number of amides is 1. The lowest BCUT2D eigenvalue weighted by molar-refractivity contribution is -0.133. The van der Waals surface area contributed by atoms with Gasteiger partial charge < -0.3 is 10.0 Å². The number of piperidine rings is 1. The van der Waals surface area contributed by atoms with E-state index >= 15 is 0 Å². The number of carbonyl (C=O) groups is 1. The van der Waals surface area contributed by atoms with Crippen molar-refractivity contribution in [2.75, 3.05) is 19.6 Å². The minimum Gasteiger partial charge on any atom is -0.508 e.